The van der Waals surface area contributed by atoms with Crippen molar-refractivity contribution in [1.82, 2.24) is 5.32 Å². The number of anilines is 1. The van der Waals surface area contributed by atoms with Crippen molar-refractivity contribution >= 4 is 21.6 Å². The van der Waals surface area contributed by atoms with Crippen molar-refractivity contribution in [3.8, 4) is 11.5 Å². The lowest BCUT2D eigenvalue weighted by Crippen LogP contribution is -2.51. The monoisotopic (exact) mass is 522 g/mol. The highest BCUT2D eigenvalue weighted by Gasteiger charge is 2.38. The Bertz CT molecular complexity index is 1380. The van der Waals surface area contributed by atoms with Crippen LogP contribution in [-0.4, -0.2) is 40.1 Å². The largest absolute Gasteiger partial charge is 0.491 e. The molecule has 0 spiro atoms. The summed E-state index contributed by atoms with van der Waals surface area (Å²) in [7, 11) is -3.93. The van der Waals surface area contributed by atoms with Crippen LogP contribution in [0.4, 0.5) is 5.69 Å². The summed E-state index contributed by atoms with van der Waals surface area (Å²) >= 11 is 0. The Morgan fingerprint density at radius 2 is 1.78 bits per heavy atom. The molecule has 0 saturated carbocycles. The van der Waals surface area contributed by atoms with Gasteiger partial charge in [-0.25, -0.2) is 8.42 Å². The zero-order chi connectivity index (χ0) is 26.8. The molecule has 1 heterocycles. The van der Waals surface area contributed by atoms with Crippen molar-refractivity contribution in [2.75, 3.05) is 24.0 Å². The van der Waals surface area contributed by atoms with Gasteiger partial charge in [0.15, 0.2) is 6.10 Å². The maximum atomic E-state index is 13.7. The molecule has 37 heavy (non-hydrogen) atoms. The van der Waals surface area contributed by atoms with Crippen molar-refractivity contribution in [3.63, 3.8) is 0 Å². The van der Waals surface area contributed by atoms with Crippen molar-refractivity contribution in [3.05, 3.63) is 83.4 Å². The Morgan fingerprint density at radius 1 is 1.05 bits per heavy atom. The molecule has 3 aromatic carbocycles. The van der Waals surface area contributed by atoms with Crippen molar-refractivity contribution < 1.29 is 22.7 Å². The summed E-state index contributed by atoms with van der Waals surface area (Å²) in [6, 6.07) is 19.7. The Hall–Kier alpha value is -3.52. The molecule has 1 aliphatic heterocycles. The molecule has 1 unspecified atom stereocenters. The van der Waals surface area contributed by atoms with E-state index >= 15 is 0 Å². The van der Waals surface area contributed by atoms with Gasteiger partial charge in [-0.3, -0.25) is 9.10 Å². The van der Waals surface area contributed by atoms with Crippen LogP contribution < -0.4 is 19.1 Å². The number of hydrogen-bond acceptors (Lipinski definition) is 5. The van der Waals surface area contributed by atoms with E-state index in [0.29, 0.717) is 11.4 Å². The molecule has 0 radical (unpaired) electrons. The minimum Gasteiger partial charge on any atom is -0.491 e. The van der Waals surface area contributed by atoms with E-state index in [1.54, 1.807) is 36.4 Å². The molecule has 8 heteroatoms. The lowest BCUT2D eigenvalue weighted by molar-refractivity contribution is -0.127. The third kappa shape index (κ3) is 5.91. The van der Waals surface area contributed by atoms with Gasteiger partial charge in [-0.2, -0.15) is 0 Å². The highest BCUT2D eigenvalue weighted by molar-refractivity contribution is 7.92. The van der Waals surface area contributed by atoms with Crippen molar-refractivity contribution in [2.45, 2.75) is 51.0 Å². The lowest BCUT2D eigenvalue weighted by atomic mass is 9.86. The summed E-state index contributed by atoms with van der Waals surface area (Å²) in [6.07, 6.45) is -1.01. The van der Waals surface area contributed by atoms with E-state index in [2.05, 4.69) is 26.1 Å². The van der Waals surface area contributed by atoms with E-state index in [-0.39, 0.29) is 30.0 Å². The molecular weight excluding hydrogens is 488 g/mol. The van der Waals surface area contributed by atoms with Crippen LogP contribution in [-0.2, 0) is 20.2 Å². The molecular formula is C29H34N2O5S. The predicted molar refractivity (Wildman–Crippen MR) is 145 cm³/mol. The molecule has 0 bridgehead atoms. The minimum absolute atomic E-state index is 0.137. The predicted octanol–water partition coefficient (Wildman–Crippen LogP) is 4.75. The second-order valence-electron chi connectivity index (χ2n) is 10.3. The van der Waals surface area contributed by atoms with Crippen LogP contribution in [0.1, 0.15) is 37.5 Å². The Kier molecular flexibility index (Phi) is 7.50. The molecule has 3 aromatic rings. The van der Waals surface area contributed by atoms with Crippen molar-refractivity contribution in [1.29, 1.82) is 0 Å². The maximum Gasteiger partial charge on any atom is 0.264 e. The smallest absolute Gasteiger partial charge is 0.264 e. The molecule has 0 saturated heterocycles. The zero-order valence-corrected chi connectivity index (χ0v) is 22.8. The summed E-state index contributed by atoms with van der Waals surface area (Å²) in [6.45, 7) is 10.5. The number of nitrogens with one attached hydrogen (secondary N) is 1. The first kappa shape index (κ1) is 26.5. The minimum atomic E-state index is -3.93. The van der Waals surface area contributed by atoms with Gasteiger partial charge in [0.2, 0.25) is 0 Å². The Balaban J connectivity index is 1.54. The van der Waals surface area contributed by atoms with E-state index < -0.39 is 22.0 Å². The van der Waals surface area contributed by atoms with E-state index in [9.17, 15) is 13.2 Å². The molecule has 1 N–H and O–H groups in total. The number of carbonyl (C=O) groups excluding carboxylic acids is 1. The first-order chi connectivity index (χ1) is 17.5. The zero-order valence-electron chi connectivity index (χ0n) is 21.9. The second kappa shape index (κ2) is 10.5. The van der Waals surface area contributed by atoms with Crippen LogP contribution in [0.5, 0.6) is 11.5 Å². The Labute approximate surface area is 219 Å². The molecule has 0 fully saturated rings. The fourth-order valence-corrected chi connectivity index (χ4v) is 5.60. The van der Waals surface area contributed by atoms with Gasteiger partial charge in [-0.05, 0) is 66.3 Å². The summed E-state index contributed by atoms with van der Waals surface area (Å²) in [5, 5.41) is 2.82. The molecule has 0 aliphatic carbocycles. The number of nitrogens with zero attached hydrogens (tertiary/aromatic N) is 1. The second-order valence-corrected chi connectivity index (χ2v) is 12.2. The number of rotatable bonds is 7. The molecule has 1 amide bonds. The normalized spacial score (nSPS) is 15.5. The van der Waals surface area contributed by atoms with E-state index in [0.717, 1.165) is 22.4 Å². The topological polar surface area (TPSA) is 84.9 Å². The maximum absolute atomic E-state index is 13.7. The van der Waals surface area contributed by atoms with Gasteiger partial charge in [0, 0.05) is 0 Å². The third-order valence-electron chi connectivity index (χ3n) is 6.32. The third-order valence-corrected chi connectivity index (χ3v) is 8.11. The molecule has 0 aromatic heterocycles. The average molecular weight is 523 g/mol. The number of sulfonamides is 1. The fraction of sp³-hybridized carbons (Fsp3) is 0.345. The van der Waals surface area contributed by atoms with Gasteiger partial charge in [0.25, 0.3) is 15.9 Å². The number of ether oxygens (including phenoxy) is 2. The first-order valence-corrected chi connectivity index (χ1v) is 13.8. The van der Waals surface area contributed by atoms with Gasteiger partial charge in [0.1, 0.15) is 18.1 Å². The number of amides is 1. The van der Waals surface area contributed by atoms with Gasteiger partial charge < -0.3 is 14.8 Å². The number of hydrogen-bond donors (Lipinski definition) is 1. The van der Waals surface area contributed by atoms with E-state index in [1.807, 2.05) is 44.2 Å². The van der Waals surface area contributed by atoms with E-state index in [4.69, 9.17) is 9.47 Å². The number of aryl methyl sites for hydroxylation is 2. The molecule has 7 nitrogen and oxygen atoms in total. The molecule has 1 atom stereocenters. The summed E-state index contributed by atoms with van der Waals surface area (Å²) in [4.78, 5) is 13.2. The van der Waals surface area contributed by atoms with Crippen LogP contribution in [0.25, 0.3) is 0 Å². The Morgan fingerprint density at radius 3 is 2.49 bits per heavy atom. The molecule has 1 aliphatic rings. The van der Waals surface area contributed by atoms with Gasteiger partial charge in [0.05, 0.1) is 23.7 Å². The van der Waals surface area contributed by atoms with Crippen molar-refractivity contribution in [2.24, 2.45) is 0 Å². The van der Waals surface area contributed by atoms with Gasteiger partial charge >= 0.3 is 0 Å². The van der Waals surface area contributed by atoms with Crippen LogP contribution in [0.15, 0.2) is 71.6 Å². The summed E-state index contributed by atoms with van der Waals surface area (Å²) in [5.74, 6) is 0.723. The number of fused-ring (bicyclic) bond motifs is 1. The first-order valence-electron chi connectivity index (χ1n) is 12.3. The number of benzene rings is 3. The van der Waals surface area contributed by atoms with Crippen LogP contribution in [0.3, 0.4) is 0 Å². The highest BCUT2D eigenvalue weighted by atomic mass is 32.2. The van der Waals surface area contributed by atoms with Gasteiger partial charge in [-0.15, -0.1) is 0 Å². The molecule has 196 valence electrons. The van der Waals surface area contributed by atoms with Crippen LogP contribution >= 0.6 is 0 Å². The molecule has 4 rings (SSSR count). The summed E-state index contributed by atoms with van der Waals surface area (Å²) < 4.78 is 40.5. The SMILES string of the molecule is Cc1ccc(C)c(OCCNC(=O)C2CN(S(=O)(=O)c3ccccc3)c3cc(C(C)(C)C)ccc3O2)c1. The standard InChI is InChI=1S/C29H34N2O5S/c1-20-11-12-21(2)26(17-20)35-16-15-30-28(32)27-19-31(37(33,34)23-9-7-6-8-10-23)24-18-22(29(3,4)5)13-14-25(24)36-27/h6-14,17-18,27H,15-16,19H2,1-5H3,(H,30,32). The fourth-order valence-electron chi connectivity index (χ4n) is 4.11. The van der Waals surface area contributed by atoms with Crippen LogP contribution in [0, 0.1) is 13.8 Å². The quantitative estimate of drug-likeness (QED) is 0.453. The van der Waals surface area contributed by atoms with E-state index in [1.165, 1.54) is 4.31 Å². The average Bonchev–Trinajstić information content (AvgIpc) is 2.87. The number of carbonyl (C=O) groups is 1. The lowest BCUT2D eigenvalue weighted by Gasteiger charge is -2.36. The van der Waals surface area contributed by atoms with Gasteiger partial charge in [-0.1, -0.05) is 57.2 Å². The summed E-state index contributed by atoms with van der Waals surface area (Å²) in [5.41, 5.74) is 3.31. The van der Waals surface area contributed by atoms with Crippen LogP contribution in [0.2, 0.25) is 0 Å². The highest BCUT2D eigenvalue weighted by Crippen LogP contribution is 2.40.